The molecule has 0 atom stereocenters. The van der Waals surface area contributed by atoms with Gasteiger partial charge in [0.1, 0.15) is 11.5 Å². The van der Waals surface area contributed by atoms with Crippen LogP contribution in [0.1, 0.15) is 34.6 Å². The van der Waals surface area contributed by atoms with E-state index in [2.05, 4.69) is 4.99 Å². The van der Waals surface area contributed by atoms with Crippen molar-refractivity contribution >= 4 is 33.4 Å². The lowest BCUT2D eigenvalue weighted by molar-refractivity contribution is 0.0526. The third-order valence-corrected chi connectivity index (χ3v) is 5.39. The zero-order valence-corrected chi connectivity index (χ0v) is 17.5. The Hall–Kier alpha value is -3.13. The van der Waals surface area contributed by atoms with Crippen molar-refractivity contribution in [1.82, 2.24) is 4.57 Å². The molecule has 0 spiro atoms. The summed E-state index contributed by atoms with van der Waals surface area (Å²) in [5.74, 6) is 0.165. The summed E-state index contributed by atoms with van der Waals surface area (Å²) in [6.45, 7) is 4.68. The van der Waals surface area contributed by atoms with Crippen LogP contribution in [0.2, 0.25) is 0 Å². The second-order valence-corrected chi connectivity index (χ2v) is 7.02. The third kappa shape index (κ3) is 4.17. The molecule has 0 saturated heterocycles. The van der Waals surface area contributed by atoms with E-state index in [-0.39, 0.29) is 5.97 Å². The molecule has 0 fully saturated rings. The standard InChI is InChI=1S/C21H22N2O5S/c1-5-23-16-9-7-13(20(25)28-6-2)11-18(16)29-21(23)22-19(24)15-12-14(26-3)8-10-17(15)27-4/h7-12H,5-6H2,1-4H3. The van der Waals surface area contributed by atoms with Crippen molar-refractivity contribution in [3.63, 3.8) is 0 Å². The lowest BCUT2D eigenvalue weighted by Gasteiger charge is -2.07. The fourth-order valence-electron chi connectivity index (χ4n) is 2.93. The van der Waals surface area contributed by atoms with Crippen molar-refractivity contribution in [2.45, 2.75) is 20.4 Å². The van der Waals surface area contributed by atoms with Crippen LogP contribution in [0.4, 0.5) is 0 Å². The maximum atomic E-state index is 12.9. The monoisotopic (exact) mass is 414 g/mol. The molecule has 0 bridgehead atoms. The van der Waals surface area contributed by atoms with Crippen molar-refractivity contribution in [2.75, 3.05) is 20.8 Å². The van der Waals surface area contributed by atoms with Crippen LogP contribution in [0.3, 0.4) is 0 Å². The first-order chi connectivity index (χ1) is 14.0. The van der Waals surface area contributed by atoms with E-state index in [1.165, 1.54) is 25.6 Å². The number of thiazole rings is 1. The van der Waals surface area contributed by atoms with Gasteiger partial charge < -0.3 is 18.8 Å². The molecular formula is C21H22N2O5S. The number of aromatic nitrogens is 1. The van der Waals surface area contributed by atoms with Gasteiger partial charge in [-0.1, -0.05) is 11.3 Å². The second-order valence-electron chi connectivity index (χ2n) is 6.02. The average Bonchev–Trinajstić information content (AvgIpc) is 3.09. The van der Waals surface area contributed by atoms with Crippen molar-refractivity contribution in [3.05, 3.63) is 52.3 Å². The van der Waals surface area contributed by atoms with Gasteiger partial charge in [0.2, 0.25) is 0 Å². The molecule has 1 amide bonds. The van der Waals surface area contributed by atoms with Crippen LogP contribution in [0.15, 0.2) is 41.4 Å². The Labute approximate surface area is 172 Å². The summed E-state index contributed by atoms with van der Waals surface area (Å²) < 4.78 is 18.3. The maximum absolute atomic E-state index is 12.9. The molecule has 0 aliphatic carbocycles. The molecule has 0 unspecified atom stereocenters. The highest BCUT2D eigenvalue weighted by molar-refractivity contribution is 7.16. The molecule has 0 aliphatic rings. The highest BCUT2D eigenvalue weighted by Crippen LogP contribution is 2.25. The minimum atomic E-state index is -0.430. The number of esters is 1. The van der Waals surface area contributed by atoms with Crippen LogP contribution in [-0.4, -0.2) is 37.3 Å². The van der Waals surface area contributed by atoms with Crippen molar-refractivity contribution in [2.24, 2.45) is 4.99 Å². The number of carbonyl (C=O) groups excluding carboxylic acids is 2. The number of methoxy groups -OCH3 is 2. The molecule has 152 valence electrons. The predicted molar refractivity (Wildman–Crippen MR) is 111 cm³/mol. The van der Waals surface area contributed by atoms with E-state index < -0.39 is 5.91 Å². The molecule has 3 aromatic rings. The van der Waals surface area contributed by atoms with Gasteiger partial charge in [-0.3, -0.25) is 4.79 Å². The third-order valence-electron chi connectivity index (χ3n) is 4.34. The number of carbonyl (C=O) groups is 2. The zero-order chi connectivity index (χ0) is 21.0. The number of ether oxygens (including phenoxy) is 3. The fraction of sp³-hybridized carbons (Fsp3) is 0.286. The van der Waals surface area contributed by atoms with E-state index in [1.807, 2.05) is 17.6 Å². The van der Waals surface area contributed by atoms with Gasteiger partial charge in [-0.05, 0) is 50.2 Å². The highest BCUT2D eigenvalue weighted by atomic mass is 32.1. The summed E-state index contributed by atoms with van der Waals surface area (Å²) in [5.41, 5.74) is 1.69. The zero-order valence-electron chi connectivity index (χ0n) is 16.7. The van der Waals surface area contributed by atoms with Crippen LogP contribution in [0.5, 0.6) is 11.5 Å². The van der Waals surface area contributed by atoms with E-state index in [0.29, 0.717) is 40.6 Å². The summed E-state index contributed by atoms with van der Waals surface area (Å²) in [6.07, 6.45) is 0. The Morgan fingerprint density at radius 1 is 1.07 bits per heavy atom. The van der Waals surface area contributed by atoms with E-state index >= 15 is 0 Å². The average molecular weight is 414 g/mol. The number of benzene rings is 2. The molecule has 0 N–H and O–H groups in total. The Kier molecular flexibility index (Phi) is 6.33. The van der Waals surface area contributed by atoms with Gasteiger partial charge in [0.15, 0.2) is 4.80 Å². The van der Waals surface area contributed by atoms with Gasteiger partial charge in [0.25, 0.3) is 5.91 Å². The van der Waals surface area contributed by atoms with Crippen molar-refractivity contribution < 1.29 is 23.8 Å². The molecule has 0 saturated carbocycles. The van der Waals surface area contributed by atoms with Gasteiger partial charge in [-0.15, -0.1) is 0 Å². The number of amides is 1. The topological polar surface area (TPSA) is 79.1 Å². The number of rotatable bonds is 6. The first-order valence-electron chi connectivity index (χ1n) is 9.13. The Morgan fingerprint density at radius 3 is 2.52 bits per heavy atom. The van der Waals surface area contributed by atoms with E-state index in [1.54, 1.807) is 37.3 Å². The highest BCUT2D eigenvalue weighted by Gasteiger charge is 2.15. The first kappa shape index (κ1) is 20.6. The summed E-state index contributed by atoms with van der Waals surface area (Å²) in [6, 6.07) is 10.3. The smallest absolute Gasteiger partial charge is 0.338 e. The molecule has 3 rings (SSSR count). The van der Waals surface area contributed by atoms with Gasteiger partial charge in [-0.25, -0.2) is 4.79 Å². The van der Waals surface area contributed by atoms with Crippen LogP contribution in [-0.2, 0) is 11.3 Å². The van der Waals surface area contributed by atoms with Gasteiger partial charge in [0, 0.05) is 6.54 Å². The molecule has 1 heterocycles. The van der Waals surface area contributed by atoms with Crippen molar-refractivity contribution in [3.8, 4) is 11.5 Å². The largest absolute Gasteiger partial charge is 0.497 e. The minimum Gasteiger partial charge on any atom is -0.497 e. The van der Waals surface area contributed by atoms with Crippen LogP contribution >= 0.6 is 11.3 Å². The minimum absolute atomic E-state index is 0.313. The molecule has 1 aromatic heterocycles. The Morgan fingerprint density at radius 2 is 1.86 bits per heavy atom. The van der Waals surface area contributed by atoms with E-state index in [4.69, 9.17) is 14.2 Å². The number of fused-ring (bicyclic) bond motifs is 1. The summed E-state index contributed by atoms with van der Waals surface area (Å²) in [4.78, 5) is 29.8. The molecule has 7 nitrogen and oxygen atoms in total. The molecule has 0 aliphatic heterocycles. The predicted octanol–water partition coefficient (Wildman–Crippen LogP) is 3.66. The van der Waals surface area contributed by atoms with Crippen LogP contribution in [0, 0.1) is 0 Å². The van der Waals surface area contributed by atoms with Crippen LogP contribution < -0.4 is 14.3 Å². The lowest BCUT2D eigenvalue weighted by atomic mass is 10.2. The SMILES string of the molecule is CCOC(=O)c1ccc2c(c1)sc(=NC(=O)c1cc(OC)ccc1OC)n2CC. The number of hydrogen-bond acceptors (Lipinski definition) is 6. The van der Waals surface area contributed by atoms with Gasteiger partial charge in [-0.2, -0.15) is 4.99 Å². The Balaban J connectivity index is 2.10. The molecule has 0 radical (unpaired) electrons. The van der Waals surface area contributed by atoms with Gasteiger partial charge >= 0.3 is 5.97 Å². The summed E-state index contributed by atoms with van der Waals surface area (Å²) >= 11 is 1.34. The number of nitrogens with zero attached hydrogens (tertiary/aromatic N) is 2. The maximum Gasteiger partial charge on any atom is 0.338 e. The van der Waals surface area contributed by atoms with Gasteiger partial charge in [0.05, 0.1) is 42.2 Å². The Bertz CT molecular complexity index is 1130. The normalized spacial score (nSPS) is 11.5. The second kappa shape index (κ2) is 8.91. The quantitative estimate of drug-likeness (QED) is 0.575. The van der Waals surface area contributed by atoms with Crippen LogP contribution in [0.25, 0.3) is 10.2 Å². The first-order valence-corrected chi connectivity index (χ1v) is 9.95. The fourth-order valence-corrected chi connectivity index (χ4v) is 4.07. The number of hydrogen-bond donors (Lipinski definition) is 0. The molecule has 29 heavy (non-hydrogen) atoms. The molecule has 8 heteroatoms. The summed E-state index contributed by atoms with van der Waals surface area (Å²) in [5, 5.41) is 0. The number of aryl methyl sites for hydroxylation is 1. The van der Waals surface area contributed by atoms with Crippen molar-refractivity contribution in [1.29, 1.82) is 0 Å². The summed E-state index contributed by atoms with van der Waals surface area (Å²) in [7, 11) is 3.03. The van der Waals surface area contributed by atoms with E-state index in [0.717, 1.165) is 10.2 Å². The van der Waals surface area contributed by atoms with E-state index in [9.17, 15) is 9.59 Å². The molecule has 2 aromatic carbocycles. The lowest BCUT2D eigenvalue weighted by Crippen LogP contribution is -2.16. The molecular weight excluding hydrogens is 392 g/mol.